The van der Waals surface area contributed by atoms with Gasteiger partial charge < -0.3 is 4.43 Å². The van der Waals surface area contributed by atoms with E-state index in [1.807, 2.05) is 0 Å². The number of hydrogen-bond acceptors (Lipinski definition) is 2. The molecule has 0 unspecified atom stereocenters. The Labute approximate surface area is 148 Å². The molecule has 1 aromatic carbocycles. The third-order valence-corrected chi connectivity index (χ3v) is 11.5. The lowest BCUT2D eigenvalue weighted by Crippen LogP contribution is -2.50. The molecule has 0 spiro atoms. The predicted molar refractivity (Wildman–Crippen MR) is 105 cm³/mol. The summed E-state index contributed by atoms with van der Waals surface area (Å²) in [5.41, 5.74) is 5.46. The van der Waals surface area contributed by atoms with E-state index >= 15 is 0 Å². The van der Waals surface area contributed by atoms with Crippen LogP contribution in [0.15, 0.2) is 24.3 Å². The molecule has 0 aromatic heterocycles. The number of allylic oxidation sites excluding steroid dienone is 2. The summed E-state index contributed by atoms with van der Waals surface area (Å²) in [5, 5.41) is 9.02. The Kier molecular flexibility index (Phi) is 5.93. The minimum absolute atomic E-state index is 0.496. The van der Waals surface area contributed by atoms with Crippen LogP contribution in [0.3, 0.4) is 0 Å². The van der Waals surface area contributed by atoms with E-state index in [1.54, 1.807) is 0 Å². The van der Waals surface area contributed by atoms with E-state index in [0.717, 1.165) is 18.6 Å². The van der Waals surface area contributed by atoms with E-state index < -0.39 is 8.32 Å². The van der Waals surface area contributed by atoms with Crippen molar-refractivity contribution in [3.63, 3.8) is 0 Å². The molecule has 0 aliphatic heterocycles. The standard InChI is InChI=1S/C21H31NOSi/c1-15(2)24(16(3)4,17(5)6)23-20-10-11-21-18(12-13-22)8-7-9-19(21)14-20/h8,10-11,14-17H,7,9,12H2,1-6H3. The molecule has 2 rings (SSSR count). The Morgan fingerprint density at radius 2 is 1.71 bits per heavy atom. The maximum absolute atomic E-state index is 9.02. The highest BCUT2D eigenvalue weighted by Gasteiger charge is 2.47. The molecule has 0 amide bonds. The maximum Gasteiger partial charge on any atom is 0.258 e. The highest BCUT2D eigenvalue weighted by Crippen LogP contribution is 2.43. The second-order valence-electron chi connectivity index (χ2n) is 7.84. The van der Waals surface area contributed by atoms with Gasteiger partial charge in [-0.05, 0) is 58.3 Å². The second-order valence-corrected chi connectivity index (χ2v) is 13.2. The van der Waals surface area contributed by atoms with Crippen LogP contribution in [-0.4, -0.2) is 8.32 Å². The Morgan fingerprint density at radius 3 is 2.25 bits per heavy atom. The van der Waals surface area contributed by atoms with Gasteiger partial charge in [0.1, 0.15) is 5.75 Å². The number of benzene rings is 1. The van der Waals surface area contributed by atoms with Crippen LogP contribution in [0.5, 0.6) is 5.75 Å². The summed E-state index contributed by atoms with van der Waals surface area (Å²) in [7, 11) is -1.91. The summed E-state index contributed by atoms with van der Waals surface area (Å²) in [6.07, 6.45) is 4.77. The van der Waals surface area contributed by atoms with Gasteiger partial charge in [0.25, 0.3) is 8.32 Å². The van der Waals surface area contributed by atoms with Crippen molar-refractivity contribution in [2.75, 3.05) is 0 Å². The van der Waals surface area contributed by atoms with E-state index in [0.29, 0.717) is 23.0 Å². The molecule has 0 bridgehead atoms. The second kappa shape index (κ2) is 7.57. The van der Waals surface area contributed by atoms with Crippen molar-refractivity contribution in [3.8, 4) is 11.8 Å². The average Bonchev–Trinajstić information content (AvgIpc) is 2.51. The third kappa shape index (κ3) is 3.44. The fourth-order valence-corrected chi connectivity index (χ4v) is 9.72. The zero-order valence-corrected chi connectivity index (χ0v) is 17.0. The molecule has 24 heavy (non-hydrogen) atoms. The Hall–Kier alpha value is -1.53. The average molecular weight is 342 g/mol. The van der Waals surface area contributed by atoms with Crippen molar-refractivity contribution in [2.45, 2.75) is 77.4 Å². The van der Waals surface area contributed by atoms with Crippen molar-refractivity contribution >= 4 is 13.9 Å². The molecule has 1 aliphatic carbocycles. The van der Waals surface area contributed by atoms with E-state index in [4.69, 9.17) is 9.69 Å². The first-order chi connectivity index (χ1) is 11.3. The molecular formula is C21H31NOSi. The monoisotopic (exact) mass is 341 g/mol. The van der Waals surface area contributed by atoms with Gasteiger partial charge in [-0.2, -0.15) is 5.26 Å². The van der Waals surface area contributed by atoms with Gasteiger partial charge in [-0.25, -0.2) is 0 Å². The van der Waals surface area contributed by atoms with Gasteiger partial charge in [-0.15, -0.1) is 0 Å². The maximum atomic E-state index is 9.02. The van der Waals surface area contributed by atoms with Crippen LogP contribution in [0, 0.1) is 11.3 Å². The lowest BCUT2D eigenvalue weighted by atomic mass is 9.89. The number of hydrogen-bond donors (Lipinski definition) is 0. The molecule has 0 radical (unpaired) electrons. The first-order valence-corrected chi connectivity index (χ1v) is 11.3. The molecule has 0 atom stereocenters. The Morgan fingerprint density at radius 1 is 1.08 bits per heavy atom. The molecule has 1 aromatic rings. The summed E-state index contributed by atoms with van der Waals surface area (Å²) in [6.45, 7) is 13.9. The number of nitriles is 1. The number of fused-ring (bicyclic) bond motifs is 1. The molecular weight excluding hydrogens is 310 g/mol. The smallest absolute Gasteiger partial charge is 0.258 e. The lowest BCUT2D eigenvalue weighted by Gasteiger charge is -2.42. The van der Waals surface area contributed by atoms with Gasteiger partial charge in [0.15, 0.2) is 0 Å². The van der Waals surface area contributed by atoms with Crippen LogP contribution < -0.4 is 4.43 Å². The molecule has 0 saturated carbocycles. The number of nitrogens with zero attached hydrogens (tertiary/aromatic N) is 1. The summed E-state index contributed by atoms with van der Waals surface area (Å²) in [4.78, 5) is 0. The Balaban J connectivity index is 2.37. The number of aryl methyl sites for hydroxylation is 1. The van der Waals surface area contributed by atoms with Gasteiger partial charge in [-0.1, -0.05) is 53.7 Å². The molecule has 130 valence electrons. The minimum atomic E-state index is -1.91. The molecule has 0 heterocycles. The zero-order chi connectivity index (χ0) is 17.9. The van der Waals surface area contributed by atoms with E-state index in [-0.39, 0.29) is 0 Å². The summed E-state index contributed by atoms with van der Waals surface area (Å²) < 4.78 is 6.80. The molecule has 0 N–H and O–H groups in total. The van der Waals surface area contributed by atoms with E-state index in [2.05, 4.69) is 71.9 Å². The third-order valence-electron chi connectivity index (χ3n) is 5.50. The van der Waals surface area contributed by atoms with Crippen LogP contribution in [0.1, 0.15) is 65.5 Å². The van der Waals surface area contributed by atoms with Crippen LogP contribution in [0.25, 0.3) is 5.57 Å². The predicted octanol–water partition coefficient (Wildman–Crippen LogP) is 6.48. The van der Waals surface area contributed by atoms with Gasteiger partial charge in [0, 0.05) is 0 Å². The first kappa shape index (κ1) is 18.8. The van der Waals surface area contributed by atoms with E-state index in [9.17, 15) is 0 Å². The molecule has 0 saturated heterocycles. The van der Waals surface area contributed by atoms with E-state index in [1.165, 1.54) is 16.7 Å². The van der Waals surface area contributed by atoms with Gasteiger partial charge in [0.05, 0.1) is 12.5 Å². The van der Waals surface area contributed by atoms with Gasteiger partial charge in [0.2, 0.25) is 0 Å². The summed E-state index contributed by atoms with van der Waals surface area (Å²) >= 11 is 0. The van der Waals surface area contributed by atoms with Crippen LogP contribution >= 0.6 is 0 Å². The molecule has 1 aliphatic rings. The highest BCUT2D eigenvalue weighted by molar-refractivity contribution is 6.78. The van der Waals surface area contributed by atoms with Crippen LogP contribution in [0.2, 0.25) is 16.6 Å². The van der Waals surface area contributed by atoms with Crippen molar-refractivity contribution < 1.29 is 4.43 Å². The largest absolute Gasteiger partial charge is 0.543 e. The fourth-order valence-electron chi connectivity index (χ4n) is 4.48. The fraction of sp³-hybridized carbons (Fsp3) is 0.571. The molecule has 3 heteroatoms. The molecule has 0 fully saturated rings. The first-order valence-electron chi connectivity index (χ1n) is 9.21. The van der Waals surface area contributed by atoms with Gasteiger partial charge in [-0.3, -0.25) is 0 Å². The van der Waals surface area contributed by atoms with Crippen LogP contribution in [0.4, 0.5) is 0 Å². The highest BCUT2D eigenvalue weighted by atomic mass is 28.4. The SMILES string of the molecule is CC(C)[Si](Oc1ccc2c(c1)CCC=C2CC#N)(C(C)C)C(C)C. The minimum Gasteiger partial charge on any atom is -0.543 e. The number of rotatable bonds is 6. The normalized spacial score (nSPS) is 14.6. The summed E-state index contributed by atoms with van der Waals surface area (Å²) in [6, 6.07) is 8.79. The zero-order valence-electron chi connectivity index (χ0n) is 16.0. The molecule has 2 nitrogen and oxygen atoms in total. The van der Waals surface area contributed by atoms with Crippen molar-refractivity contribution in [1.82, 2.24) is 0 Å². The van der Waals surface area contributed by atoms with Crippen molar-refractivity contribution in [2.24, 2.45) is 0 Å². The summed E-state index contributed by atoms with van der Waals surface area (Å²) in [5.74, 6) is 1.02. The lowest BCUT2D eigenvalue weighted by molar-refractivity contribution is 0.479. The van der Waals surface area contributed by atoms with Gasteiger partial charge >= 0.3 is 0 Å². The van der Waals surface area contributed by atoms with Crippen LogP contribution in [-0.2, 0) is 6.42 Å². The quantitative estimate of drug-likeness (QED) is 0.554. The topological polar surface area (TPSA) is 33.0 Å². The van der Waals surface area contributed by atoms with Crippen molar-refractivity contribution in [1.29, 1.82) is 5.26 Å². The Bertz CT molecular complexity index is 631. The van der Waals surface area contributed by atoms with Crippen molar-refractivity contribution in [3.05, 3.63) is 35.4 Å².